The molecule has 0 fully saturated rings. The van der Waals surface area contributed by atoms with E-state index in [0.29, 0.717) is 22.9 Å². The van der Waals surface area contributed by atoms with Crippen molar-refractivity contribution in [2.24, 2.45) is 0 Å². The van der Waals surface area contributed by atoms with Gasteiger partial charge in [-0.1, -0.05) is 24.3 Å². The predicted molar refractivity (Wildman–Crippen MR) is 92.7 cm³/mol. The summed E-state index contributed by atoms with van der Waals surface area (Å²) in [6, 6.07) is 18.7. The summed E-state index contributed by atoms with van der Waals surface area (Å²) in [5.74, 6) is 1.93. The summed E-state index contributed by atoms with van der Waals surface area (Å²) in [4.78, 5) is 8.40. The van der Waals surface area contributed by atoms with Crippen LogP contribution < -0.4 is 15.4 Å². The molecule has 6 heteroatoms. The third-order valence-corrected chi connectivity index (χ3v) is 3.35. The summed E-state index contributed by atoms with van der Waals surface area (Å²) in [5.41, 5.74) is 2.05. The first-order valence-electron chi connectivity index (χ1n) is 7.28. The second-order valence-electron chi connectivity index (χ2n) is 4.90. The van der Waals surface area contributed by atoms with E-state index >= 15 is 0 Å². The highest BCUT2D eigenvalue weighted by Gasteiger charge is 2.06. The van der Waals surface area contributed by atoms with Gasteiger partial charge in [-0.05, 0) is 24.3 Å². The summed E-state index contributed by atoms with van der Waals surface area (Å²) in [7, 11) is 1.62. The maximum Gasteiger partial charge on any atom is 0.142 e. The lowest BCUT2D eigenvalue weighted by Gasteiger charge is -2.11. The molecule has 2 aromatic carbocycles. The molecule has 3 rings (SSSR count). The minimum absolute atomic E-state index is 0.551. The quantitative estimate of drug-likeness (QED) is 0.744. The Kier molecular flexibility index (Phi) is 4.54. The van der Waals surface area contributed by atoms with Crippen LogP contribution in [0.1, 0.15) is 5.56 Å². The number of hydrogen-bond donors (Lipinski definition) is 2. The molecule has 1 heterocycles. The fourth-order valence-corrected chi connectivity index (χ4v) is 2.21. The second kappa shape index (κ2) is 7.11. The van der Waals surface area contributed by atoms with Crippen LogP contribution in [0, 0.1) is 11.3 Å². The molecular weight excluding hydrogens is 302 g/mol. The zero-order chi connectivity index (χ0) is 16.8. The van der Waals surface area contributed by atoms with E-state index in [0.717, 1.165) is 11.4 Å². The molecule has 0 aliphatic heterocycles. The average molecular weight is 317 g/mol. The number of nitrogens with one attached hydrogen (secondary N) is 2. The average Bonchev–Trinajstić information content (AvgIpc) is 2.63. The molecule has 0 spiro atoms. The third-order valence-electron chi connectivity index (χ3n) is 3.35. The highest BCUT2D eigenvalue weighted by atomic mass is 16.5. The monoisotopic (exact) mass is 317 g/mol. The van der Waals surface area contributed by atoms with E-state index in [1.54, 1.807) is 19.2 Å². The molecule has 0 aliphatic rings. The van der Waals surface area contributed by atoms with E-state index < -0.39 is 0 Å². The Balaban J connectivity index is 1.83. The van der Waals surface area contributed by atoms with Crippen LogP contribution in [-0.2, 0) is 0 Å². The van der Waals surface area contributed by atoms with Gasteiger partial charge in [-0.15, -0.1) is 0 Å². The molecule has 0 saturated carbocycles. The lowest BCUT2D eigenvalue weighted by molar-refractivity contribution is 0.417. The number of rotatable bonds is 5. The standard InChI is InChI=1S/C18H15N5O/c1-24-16-9-5-4-8-15(16)23-18-10-17(20-12-21-18)22-14-7-3-2-6-13(14)11-19/h2-10,12H,1H3,(H2,20,21,22,23). The normalized spacial score (nSPS) is 9.83. The van der Waals surface area contributed by atoms with Crippen molar-refractivity contribution in [3.8, 4) is 11.8 Å². The van der Waals surface area contributed by atoms with E-state index in [2.05, 4.69) is 26.7 Å². The first-order chi connectivity index (χ1) is 11.8. The molecule has 24 heavy (non-hydrogen) atoms. The Morgan fingerprint density at radius 1 is 0.917 bits per heavy atom. The molecule has 1 aromatic heterocycles. The Morgan fingerprint density at radius 2 is 1.54 bits per heavy atom. The van der Waals surface area contributed by atoms with Gasteiger partial charge in [-0.3, -0.25) is 0 Å². The van der Waals surface area contributed by atoms with Gasteiger partial charge in [0.2, 0.25) is 0 Å². The summed E-state index contributed by atoms with van der Waals surface area (Å²) < 4.78 is 5.32. The molecule has 0 atom stereocenters. The smallest absolute Gasteiger partial charge is 0.142 e. The van der Waals surface area contributed by atoms with Crippen LogP contribution in [0.25, 0.3) is 0 Å². The largest absolute Gasteiger partial charge is 0.495 e. The van der Waals surface area contributed by atoms with Crippen molar-refractivity contribution in [2.45, 2.75) is 0 Å². The highest BCUT2D eigenvalue weighted by Crippen LogP contribution is 2.27. The number of aromatic nitrogens is 2. The van der Waals surface area contributed by atoms with Crippen molar-refractivity contribution in [1.29, 1.82) is 5.26 Å². The minimum atomic E-state index is 0.551. The van der Waals surface area contributed by atoms with Crippen LogP contribution in [0.4, 0.5) is 23.0 Å². The lowest BCUT2D eigenvalue weighted by atomic mass is 10.2. The number of methoxy groups -OCH3 is 1. The molecule has 0 radical (unpaired) electrons. The molecule has 0 saturated heterocycles. The van der Waals surface area contributed by atoms with Crippen LogP contribution in [0.15, 0.2) is 60.9 Å². The van der Waals surface area contributed by atoms with Gasteiger partial charge in [0, 0.05) is 6.07 Å². The number of para-hydroxylation sites is 3. The van der Waals surface area contributed by atoms with Crippen molar-refractivity contribution in [1.82, 2.24) is 9.97 Å². The van der Waals surface area contributed by atoms with Crippen molar-refractivity contribution in [2.75, 3.05) is 17.7 Å². The van der Waals surface area contributed by atoms with Crippen molar-refractivity contribution in [3.63, 3.8) is 0 Å². The van der Waals surface area contributed by atoms with E-state index in [1.807, 2.05) is 42.5 Å². The molecule has 118 valence electrons. The minimum Gasteiger partial charge on any atom is -0.495 e. The molecule has 6 nitrogen and oxygen atoms in total. The number of hydrogen-bond acceptors (Lipinski definition) is 6. The molecular formula is C18H15N5O. The van der Waals surface area contributed by atoms with E-state index in [9.17, 15) is 0 Å². The lowest BCUT2D eigenvalue weighted by Crippen LogP contribution is -2.00. The Hall–Kier alpha value is -3.59. The topological polar surface area (TPSA) is 82.9 Å². The fraction of sp³-hybridized carbons (Fsp3) is 0.0556. The van der Waals surface area contributed by atoms with Gasteiger partial charge in [-0.2, -0.15) is 5.26 Å². The fourth-order valence-electron chi connectivity index (χ4n) is 2.21. The summed E-state index contributed by atoms with van der Waals surface area (Å²) in [6.45, 7) is 0. The highest BCUT2D eigenvalue weighted by molar-refractivity contribution is 5.68. The number of nitrogens with zero attached hydrogens (tertiary/aromatic N) is 3. The van der Waals surface area contributed by atoms with E-state index in [1.165, 1.54) is 6.33 Å². The Morgan fingerprint density at radius 3 is 2.25 bits per heavy atom. The van der Waals surface area contributed by atoms with Crippen molar-refractivity contribution < 1.29 is 4.74 Å². The van der Waals surface area contributed by atoms with Crippen LogP contribution in [0.2, 0.25) is 0 Å². The number of nitriles is 1. The Labute approximate surface area is 139 Å². The number of ether oxygens (including phenoxy) is 1. The maximum absolute atomic E-state index is 9.15. The maximum atomic E-state index is 9.15. The molecule has 0 amide bonds. The molecule has 0 unspecified atom stereocenters. The van der Waals surface area contributed by atoms with Crippen LogP contribution in [0.3, 0.4) is 0 Å². The van der Waals surface area contributed by atoms with Crippen molar-refractivity contribution >= 4 is 23.0 Å². The van der Waals surface area contributed by atoms with Gasteiger partial charge in [-0.25, -0.2) is 9.97 Å². The zero-order valence-electron chi connectivity index (χ0n) is 13.0. The van der Waals surface area contributed by atoms with E-state index in [4.69, 9.17) is 10.00 Å². The summed E-state index contributed by atoms with van der Waals surface area (Å²) in [6.07, 6.45) is 1.45. The van der Waals surface area contributed by atoms with Crippen LogP contribution in [-0.4, -0.2) is 17.1 Å². The molecule has 0 bridgehead atoms. The first-order valence-corrected chi connectivity index (χ1v) is 7.28. The van der Waals surface area contributed by atoms with Crippen LogP contribution in [0.5, 0.6) is 5.75 Å². The zero-order valence-corrected chi connectivity index (χ0v) is 13.0. The second-order valence-corrected chi connectivity index (χ2v) is 4.90. The van der Waals surface area contributed by atoms with Gasteiger partial charge >= 0.3 is 0 Å². The first kappa shape index (κ1) is 15.3. The van der Waals surface area contributed by atoms with Crippen molar-refractivity contribution in [3.05, 3.63) is 66.5 Å². The van der Waals surface area contributed by atoms with Crippen LogP contribution >= 0.6 is 0 Å². The van der Waals surface area contributed by atoms with Gasteiger partial charge in [0.25, 0.3) is 0 Å². The predicted octanol–water partition coefficient (Wildman–Crippen LogP) is 3.84. The summed E-state index contributed by atoms with van der Waals surface area (Å²) >= 11 is 0. The van der Waals surface area contributed by atoms with Gasteiger partial charge in [0.15, 0.2) is 0 Å². The summed E-state index contributed by atoms with van der Waals surface area (Å²) in [5, 5.41) is 15.5. The van der Waals surface area contributed by atoms with Gasteiger partial charge < -0.3 is 15.4 Å². The molecule has 3 aromatic rings. The van der Waals surface area contributed by atoms with Gasteiger partial charge in [0.1, 0.15) is 29.8 Å². The molecule has 2 N–H and O–H groups in total. The Bertz CT molecular complexity index is 888. The third kappa shape index (κ3) is 3.42. The van der Waals surface area contributed by atoms with Gasteiger partial charge in [0.05, 0.1) is 24.0 Å². The molecule has 0 aliphatic carbocycles. The number of anilines is 4. The SMILES string of the molecule is COc1ccccc1Nc1cc(Nc2ccccc2C#N)ncn1. The van der Waals surface area contributed by atoms with E-state index in [-0.39, 0.29) is 0 Å². The number of benzene rings is 2.